The highest BCUT2D eigenvalue weighted by Gasteiger charge is 2.24. The molecule has 2 heterocycles. The number of carbonyl (C=O) groups excluding carboxylic acids is 1. The van der Waals surface area contributed by atoms with Gasteiger partial charge in [0.2, 0.25) is 0 Å². The molecule has 0 bridgehead atoms. The van der Waals surface area contributed by atoms with Gasteiger partial charge in [0, 0.05) is 27.2 Å². The van der Waals surface area contributed by atoms with Crippen LogP contribution in [0.4, 0.5) is 5.82 Å². The number of methoxy groups -OCH3 is 1. The number of hydrogen-bond acceptors (Lipinski definition) is 4. The van der Waals surface area contributed by atoms with Gasteiger partial charge in [0.15, 0.2) is 0 Å². The summed E-state index contributed by atoms with van der Waals surface area (Å²) in [5.41, 5.74) is 0.498. The number of likely N-dealkylation sites (tertiary alicyclic amines) is 1. The van der Waals surface area contributed by atoms with E-state index in [9.17, 15) is 4.79 Å². The second-order valence-electron chi connectivity index (χ2n) is 4.39. The maximum Gasteiger partial charge on any atom is 0.272 e. The fourth-order valence-electron chi connectivity index (χ4n) is 2.15. The predicted octanol–water partition coefficient (Wildman–Crippen LogP) is 1.37. The van der Waals surface area contributed by atoms with Crippen LogP contribution in [0.5, 0.6) is 0 Å². The van der Waals surface area contributed by atoms with Gasteiger partial charge < -0.3 is 15.0 Å². The molecule has 0 atom stereocenters. The number of hydrogen-bond donors (Lipinski definition) is 1. The molecular weight excluding hydrogens is 230 g/mol. The molecule has 0 aliphatic carbocycles. The second-order valence-corrected chi connectivity index (χ2v) is 4.39. The van der Waals surface area contributed by atoms with Crippen molar-refractivity contribution in [1.29, 1.82) is 0 Å². The van der Waals surface area contributed by atoms with Crippen molar-refractivity contribution >= 4 is 11.7 Å². The Labute approximate surface area is 107 Å². The van der Waals surface area contributed by atoms with Gasteiger partial charge in [-0.1, -0.05) is 6.07 Å². The lowest BCUT2D eigenvalue weighted by Gasteiger charge is -2.31. The quantitative estimate of drug-likeness (QED) is 0.879. The Morgan fingerprint density at radius 3 is 2.78 bits per heavy atom. The molecule has 1 aliphatic rings. The first-order valence-electron chi connectivity index (χ1n) is 6.21. The van der Waals surface area contributed by atoms with Crippen molar-refractivity contribution in [1.82, 2.24) is 9.88 Å². The number of piperidine rings is 1. The van der Waals surface area contributed by atoms with Crippen molar-refractivity contribution < 1.29 is 9.53 Å². The molecule has 0 radical (unpaired) electrons. The van der Waals surface area contributed by atoms with Gasteiger partial charge in [-0.3, -0.25) is 4.79 Å². The smallest absolute Gasteiger partial charge is 0.272 e. The Kier molecular flexibility index (Phi) is 4.15. The minimum absolute atomic E-state index is 0.00153. The lowest BCUT2D eigenvalue weighted by atomic mass is 10.1. The summed E-state index contributed by atoms with van der Waals surface area (Å²) in [6.45, 7) is 1.48. The van der Waals surface area contributed by atoms with Crippen LogP contribution in [0.3, 0.4) is 0 Å². The first-order valence-corrected chi connectivity index (χ1v) is 6.21. The van der Waals surface area contributed by atoms with Crippen molar-refractivity contribution in [3.8, 4) is 0 Å². The van der Waals surface area contributed by atoms with E-state index in [0.717, 1.165) is 25.9 Å². The zero-order chi connectivity index (χ0) is 13.0. The molecule has 5 nitrogen and oxygen atoms in total. The zero-order valence-electron chi connectivity index (χ0n) is 10.8. The highest BCUT2D eigenvalue weighted by atomic mass is 16.5. The van der Waals surface area contributed by atoms with Gasteiger partial charge in [0.25, 0.3) is 5.91 Å². The van der Waals surface area contributed by atoms with Crippen LogP contribution in [0, 0.1) is 0 Å². The van der Waals surface area contributed by atoms with Crippen molar-refractivity contribution in [2.75, 3.05) is 32.6 Å². The van der Waals surface area contributed by atoms with Gasteiger partial charge in [-0.05, 0) is 25.0 Å². The van der Waals surface area contributed by atoms with Gasteiger partial charge in [0.05, 0.1) is 6.10 Å². The average Bonchev–Trinajstić information content (AvgIpc) is 2.46. The van der Waals surface area contributed by atoms with E-state index in [4.69, 9.17) is 4.74 Å². The Hall–Kier alpha value is -1.62. The molecule has 5 heteroatoms. The Bertz CT molecular complexity index is 414. The molecule has 0 aromatic carbocycles. The van der Waals surface area contributed by atoms with Crippen molar-refractivity contribution in [2.24, 2.45) is 0 Å². The maximum atomic E-state index is 12.3. The van der Waals surface area contributed by atoms with Crippen LogP contribution >= 0.6 is 0 Å². The summed E-state index contributed by atoms with van der Waals surface area (Å²) in [6, 6.07) is 5.44. The van der Waals surface area contributed by atoms with Crippen molar-refractivity contribution in [2.45, 2.75) is 18.9 Å². The third kappa shape index (κ3) is 2.79. The molecule has 0 saturated carbocycles. The molecular formula is C13H19N3O2. The van der Waals surface area contributed by atoms with Gasteiger partial charge in [-0.15, -0.1) is 0 Å². The van der Waals surface area contributed by atoms with Crippen LogP contribution in [0.2, 0.25) is 0 Å². The highest BCUT2D eigenvalue weighted by molar-refractivity contribution is 5.92. The molecule has 1 aliphatic heterocycles. The molecule has 1 N–H and O–H groups in total. The van der Waals surface area contributed by atoms with E-state index in [0.29, 0.717) is 11.5 Å². The second kappa shape index (κ2) is 5.82. The number of nitrogens with zero attached hydrogens (tertiary/aromatic N) is 2. The fourth-order valence-corrected chi connectivity index (χ4v) is 2.15. The number of pyridine rings is 1. The third-order valence-electron chi connectivity index (χ3n) is 3.29. The number of nitrogens with one attached hydrogen (secondary N) is 1. The average molecular weight is 249 g/mol. The Balaban J connectivity index is 2.03. The minimum Gasteiger partial charge on any atom is -0.381 e. The van der Waals surface area contributed by atoms with Gasteiger partial charge >= 0.3 is 0 Å². The van der Waals surface area contributed by atoms with Crippen molar-refractivity contribution in [3.05, 3.63) is 23.9 Å². The van der Waals surface area contributed by atoms with Gasteiger partial charge in [-0.25, -0.2) is 4.98 Å². The van der Waals surface area contributed by atoms with Crippen LogP contribution in [-0.4, -0.2) is 49.1 Å². The summed E-state index contributed by atoms with van der Waals surface area (Å²) in [5.74, 6) is 0.717. The largest absolute Gasteiger partial charge is 0.381 e. The van der Waals surface area contributed by atoms with Crippen LogP contribution in [0.15, 0.2) is 18.2 Å². The first kappa shape index (κ1) is 12.8. The molecule has 1 aromatic heterocycles. The number of anilines is 1. The summed E-state index contributed by atoms with van der Waals surface area (Å²) in [6.07, 6.45) is 2.08. The normalized spacial score (nSPS) is 16.7. The van der Waals surface area contributed by atoms with E-state index < -0.39 is 0 Å². The highest BCUT2D eigenvalue weighted by Crippen LogP contribution is 2.15. The molecule has 98 valence electrons. The molecule has 0 spiro atoms. The van der Waals surface area contributed by atoms with E-state index >= 15 is 0 Å². The molecule has 1 amide bonds. The molecule has 1 saturated heterocycles. The maximum absolute atomic E-state index is 12.3. The molecule has 0 unspecified atom stereocenters. The third-order valence-corrected chi connectivity index (χ3v) is 3.29. The number of amides is 1. The Morgan fingerprint density at radius 2 is 2.17 bits per heavy atom. The standard InChI is InChI=1S/C13H19N3O2/c1-14-12-5-3-4-11(15-12)13(17)16-8-6-10(18-2)7-9-16/h3-5,10H,6-9H2,1-2H3,(H,14,15). The molecule has 1 aromatic rings. The van der Waals surface area contributed by atoms with Gasteiger partial charge in [-0.2, -0.15) is 0 Å². The summed E-state index contributed by atoms with van der Waals surface area (Å²) in [7, 11) is 3.51. The summed E-state index contributed by atoms with van der Waals surface area (Å²) >= 11 is 0. The van der Waals surface area contributed by atoms with Crippen LogP contribution < -0.4 is 5.32 Å². The van der Waals surface area contributed by atoms with E-state index in [1.807, 2.05) is 17.0 Å². The molecule has 1 fully saturated rings. The van der Waals surface area contributed by atoms with Crippen LogP contribution in [-0.2, 0) is 4.74 Å². The fraction of sp³-hybridized carbons (Fsp3) is 0.538. The number of rotatable bonds is 3. The number of aromatic nitrogens is 1. The topological polar surface area (TPSA) is 54.5 Å². The van der Waals surface area contributed by atoms with Crippen LogP contribution in [0.1, 0.15) is 23.3 Å². The SMILES string of the molecule is CNc1cccc(C(=O)N2CCC(OC)CC2)n1. The van der Waals surface area contributed by atoms with E-state index in [1.54, 1.807) is 20.2 Å². The zero-order valence-corrected chi connectivity index (χ0v) is 10.8. The monoisotopic (exact) mass is 249 g/mol. The lowest BCUT2D eigenvalue weighted by molar-refractivity contribution is 0.0348. The molecule has 18 heavy (non-hydrogen) atoms. The summed E-state index contributed by atoms with van der Waals surface area (Å²) < 4.78 is 5.30. The number of ether oxygens (including phenoxy) is 1. The Morgan fingerprint density at radius 1 is 1.44 bits per heavy atom. The molecule has 2 rings (SSSR count). The van der Waals surface area contributed by atoms with Gasteiger partial charge in [0.1, 0.15) is 11.5 Å². The van der Waals surface area contributed by atoms with Crippen molar-refractivity contribution in [3.63, 3.8) is 0 Å². The lowest BCUT2D eigenvalue weighted by Crippen LogP contribution is -2.40. The predicted molar refractivity (Wildman–Crippen MR) is 69.7 cm³/mol. The summed E-state index contributed by atoms with van der Waals surface area (Å²) in [5, 5.41) is 2.94. The van der Waals surface area contributed by atoms with E-state index in [2.05, 4.69) is 10.3 Å². The van der Waals surface area contributed by atoms with E-state index in [1.165, 1.54) is 0 Å². The minimum atomic E-state index is 0.00153. The number of carbonyl (C=O) groups is 1. The summed E-state index contributed by atoms with van der Waals surface area (Å²) in [4.78, 5) is 18.4. The van der Waals surface area contributed by atoms with E-state index in [-0.39, 0.29) is 12.0 Å². The first-order chi connectivity index (χ1) is 8.74. The van der Waals surface area contributed by atoms with Crippen LogP contribution in [0.25, 0.3) is 0 Å².